The zero-order chi connectivity index (χ0) is 35.7. The summed E-state index contributed by atoms with van der Waals surface area (Å²) in [7, 11) is -4.63. The molecule has 6 nitrogen and oxygen atoms in total. The van der Waals surface area contributed by atoms with Crippen molar-refractivity contribution in [2.24, 2.45) is 17.3 Å². The highest BCUT2D eigenvalue weighted by Gasteiger charge is 2.74. The van der Waals surface area contributed by atoms with Crippen LogP contribution in [-0.4, -0.2) is 55.2 Å². The summed E-state index contributed by atoms with van der Waals surface area (Å²) in [5.41, 5.74) is -8.89. The number of hydrogen-bond acceptors (Lipinski definition) is 4. The van der Waals surface area contributed by atoms with Crippen LogP contribution in [0.25, 0.3) is 0 Å². The molecule has 1 amide bonds. The number of fused-ring (bicyclic) bond motifs is 3. The van der Waals surface area contributed by atoms with Crippen LogP contribution in [0.2, 0.25) is 0 Å². The molecule has 0 bridgehead atoms. The Labute approximate surface area is 272 Å². The number of sulfone groups is 1. The molecule has 48 heavy (non-hydrogen) atoms. The molecule has 15 heteroatoms. The molecule has 1 aliphatic heterocycles. The maximum absolute atomic E-state index is 15.1. The lowest BCUT2D eigenvalue weighted by atomic mass is 9.63. The van der Waals surface area contributed by atoms with E-state index in [0.717, 1.165) is 30.3 Å². The molecule has 0 spiro atoms. The SMILES string of the molecule is CCC[C@]1(C(=O)N2CC[C@@]3(S(=O)(=O)c4ccc(F)cc4)c4ccc(C(F)(C(F)(F)F)C(F)(F)F)cc4CC[C@@H]23)CC[C@@H](C(=O)O)[C@@H](C)C1. The van der Waals surface area contributed by atoms with Gasteiger partial charge in [-0.05, 0) is 86.3 Å². The van der Waals surface area contributed by atoms with Gasteiger partial charge in [-0.2, -0.15) is 26.3 Å². The van der Waals surface area contributed by atoms with E-state index in [1.165, 1.54) is 4.90 Å². The van der Waals surface area contributed by atoms with Crippen molar-refractivity contribution >= 4 is 21.7 Å². The van der Waals surface area contributed by atoms with Crippen molar-refractivity contribution in [1.29, 1.82) is 0 Å². The summed E-state index contributed by atoms with van der Waals surface area (Å²) < 4.78 is 138. The summed E-state index contributed by atoms with van der Waals surface area (Å²) in [5, 5.41) is 9.68. The number of rotatable bonds is 7. The zero-order valence-corrected chi connectivity index (χ0v) is 26.9. The second-order valence-corrected chi connectivity index (χ2v) is 15.6. The molecule has 1 saturated heterocycles. The molecule has 2 aliphatic carbocycles. The van der Waals surface area contributed by atoms with Gasteiger partial charge in [0, 0.05) is 17.5 Å². The standard InChI is InChI=1S/C33H35F8NO5S/c1-3-13-29(14-12-24(27(43)44)19(2)18-29)28(45)42-16-15-30(48(46,47)23-8-6-22(34)7-9-23)25-10-5-21(17-20(25)4-11-26(30)42)31(35,32(36,37)38)33(39,40)41/h5-10,17,19,24,26H,3-4,11-16,18H2,1-2H3,(H,43,44)/t19-,24+,26+,29-,30+/m0/s1. The second-order valence-electron chi connectivity index (χ2n) is 13.4. The minimum absolute atomic E-state index is 0.133. The van der Waals surface area contributed by atoms with E-state index in [9.17, 15) is 53.8 Å². The molecular formula is C33H35F8NO5S. The fraction of sp³-hybridized carbons (Fsp3) is 0.576. The van der Waals surface area contributed by atoms with Gasteiger partial charge in [0.2, 0.25) is 5.91 Å². The van der Waals surface area contributed by atoms with Gasteiger partial charge in [0.05, 0.1) is 16.9 Å². The first-order valence-corrected chi connectivity index (χ1v) is 17.2. The monoisotopic (exact) mass is 709 g/mol. The summed E-state index contributed by atoms with van der Waals surface area (Å²) in [6.45, 7) is 3.47. The minimum Gasteiger partial charge on any atom is -0.481 e. The fourth-order valence-electron chi connectivity index (χ4n) is 8.55. The Kier molecular flexibility index (Phi) is 9.00. The van der Waals surface area contributed by atoms with Crippen molar-refractivity contribution < 1.29 is 58.2 Å². The molecule has 2 aromatic rings. The first-order valence-electron chi connectivity index (χ1n) is 15.7. The number of likely N-dealkylation sites (tertiary alicyclic amines) is 1. The normalized spacial score (nSPS) is 28.1. The third-order valence-corrected chi connectivity index (χ3v) is 13.3. The van der Waals surface area contributed by atoms with Crippen molar-refractivity contribution in [3.8, 4) is 0 Å². The molecule has 264 valence electrons. The highest BCUT2D eigenvalue weighted by atomic mass is 32.2. The number of benzene rings is 2. The first-order chi connectivity index (χ1) is 22.2. The number of alkyl halides is 7. The Bertz CT molecular complexity index is 1680. The maximum atomic E-state index is 15.1. The Morgan fingerprint density at radius 2 is 1.58 bits per heavy atom. The van der Waals surface area contributed by atoms with E-state index >= 15 is 4.39 Å². The lowest BCUT2D eigenvalue weighted by molar-refractivity contribution is -0.348. The summed E-state index contributed by atoms with van der Waals surface area (Å²) >= 11 is 0. The third kappa shape index (κ3) is 5.29. The van der Waals surface area contributed by atoms with E-state index in [0.29, 0.717) is 25.0 Å². The number of hydrogen-bond donors (Lipinski definition) is 1. The molecule has 2 aromatic carbocycles. The third-order valence-electron chi connectivity index (χ3n) is 10.8. The number of amides is 1. The first kappa shape index (κ1) is 36.1. The molecule has 5 rings (SSSR count). The molecule has 2 fully saturated rings. The van der Waals surface area contributed by atoms with Gasteiger partial charge in [-0.15, -0.1) is 0 Å². The van der Waals surface area contributed by atoms with Crippen LogP contribution in [0.15, 0.2) is 47.4 Å². The van der Waals surface area contributed by atoms with E-state index in [-0.39, 0.29) is 67.0 Å². The lowest BCUT2D eigenvalue weighted by Gasteiger charge is -2.47. The van der Waals surface area contributed by atoms with Crippen LogP contribution in [0.1, 0.15) is 75.5 Å². The van der Waals surface area contributed by atoms with Crippen molar-refractivity contribution in [1.82, 2.24) is 4.90 Å². The molecule has 1 saturated carbocycles. The smallest absolute Gasteiger partial charge is 0.435 e. The predicted octanol–water partition coefficient (Wildman–Crippen LogP) is 7.64. The number of carbonyl (C=O) groups excluding carboxylic acids is 1. The summed E-state index contributed by atoms with van der Waals surface area (Å²) in [4.78, 5) is 27.5. The van der Waals surface area contributed by atoms with Crippen LogP contribution in [0.5, 0.6) is 0 Å². The number of nitrogens with zero attached hydrogens (tertiary/aromatic N) is 1. The Hall–Kier alpha value is -3.23. The van der Waals surface area contributed by atoms with Crippen molar-refractivity contribution in [2.75, 3.05) is 6.54 Å². The van der Waals surface area contributed by atoms with Gasteiger partial charge in [-0.1, -0.05) is 38.5 Å². The van der Waals surface area contributed by atoms with Gasteiger partial charge in [-0.3, -0.25) is 9.59 Å². The molecule has 1 heterocycles. The van der Waals surface area contributed by atoms with Crippen LogP contribution >= 0.6 is 0 Å². The molecule has 0 aromatic heterocycles. The molecule has 0 radical (unpaired) electrons. The Morgan fingerprint density at radius 1 is 0.958 bits per heavy atom. The van der Waals surface area contributed by atoms with E-state index in [4.69, 9.17) is 0 Å². The average Bonchev–Trinajstić information content (AvgIpc) is 3.40. The maximum Gasteiger partial charge on any atom is 0.435 e. The van der Waals surface area contributed by atoms with Crippen LogP contribution < -0.4 is 0 Å². The van der Waals surface area contributed by atoms with Gasteiger partial charge < -0.3 is 10.0 Å². The van der Waals surface area contributed by atoms with Gasteiger partial charge in [0.25, 0.3) is 0 Å². The Morgan fingerprint density at radius 3 is 2.12 bits per heavy atom. The summed E-state index contributed by atoms with van der Waals surface area (Å²) in [6.07, 6.45) is -11.9. The Balaban J connectivity index is 1.67. The fourth-order valence-corrected chi connectivity index (χ4v) is 10.9. The number of halogens is 8. The molecule has 1 N–H and O–H groups in total. The number of aryl methyl sites for hydroxylation is 1. The van der Waals surface area contributed by atoms with Gasteiger partial charge in [-0.25, -0.2) is 17.2 Å². The largest absolute Gasteiger partial charge is 0.481 e. The lowest BCUT2D eigenvalue weighted by Crippen LogP contribution is -2.56. The average molecular weight is 710 g/mol. The summed E-state index contributed by atoms with van der Waals surface area (Å²) in [5.74, 6) is -3.19. The predicted molar refractivity (Wildman–Crippen MR) is 157 cm³/mol. The van der Waals surface area contributed by atoms with E-state index < -0.39 is 73.2 Å². The van der Waals surface area contributed by atoms with Crippen LogP contribution in [0, 0.1) is 23.1 Å². The number of aliphatic carboxylic acids is 1. The van der Waals surface area contributed by atoms with Crippen molar-refractivity contribution in [2.45, 2.75) is 98.9 Å². The number of carboxylic acid groups (broad SMARTS) is 1. The molecule has 0 unspecified atom stereocenters. The van der Waals surface area contributed by atoms with Crippen LogP contribution in [0.3, 0.4) is 0 Å². The zero-order valence-electron chi connectivity index (χ0n) is 26.1. The highest BCUT2D eigenvalue weighted by molar-refractivity contribution is 7.92. The van der Waals surface area contributed by atoms with E-state index in [1.807, 2.05) is 6.92 Å². The van der Waals surface area contributed by atoms with Gasteiger partial charge in [0.15, 0.2) is 9.84 Å². The van der Waals surface area contributed by atoms with E-state index in [1.54, 1.807) is 6.92 Å². The van der Waals surface area contributed by atoms with Gasteiger partial charge >= 0.3 is 24.0 Å². The minimum atomic E-state index is -6.38. The molecule has 3 aliphatic rings. The van der Waals surface area contributed by atoms with Crippen LogP contribution in [-0.2, 0) is 36.3 Å². The quantitative estimate of drug-likeness (QED) is 0.236. The second kappa shape index (κ2) is 12.0. The van der Waals surface area contributed by atoms with Crippen LogP contribution in [0.4, 0.5) is 35.1 Å². The highest BCUT2D eigenvalue weighted by Crippen LogP contribution is 2.58. The van der Waals surface area contributed by atoms with Crippen molar-refractivity contribution in [3.05, 3.63) is 65.0 Å². The topological polar surface area (TPSA) is 91.8 Å². The van der Waals surface area contributed by atoms with Crippen molar-refractivity contribution in [3.63, 3.8) is 0 Å². The summed E-state index contributed by atoms with van der Waals surface area (Å²) in [6, 6.07) is 4.14. The number of carboxylic acids is 1. The molecule has 5 atom stereocenters. The molecular weight excluding hydrogens is 674 g/mol. The van der Waals surface area contributed by atoms with Gasteiger partial charge in [0.1, 0.15) is 10.6 Å². The number of carbonyl (C=O) groups is 2. The van der Waals surface area contributed by atoms with E-state index in [2.05, 4.69) is 0 Å².